The van der Waals surface area contributed by atoms with E-state index in [0.29, 0.717) is 13.0 Å². The summed E-state index contributed by atoms with van der Waals surface area (Å²) in [6.07, 6.45) is 5.26. The van der Waals surface area contributed by atoms with Gasteiger partial charge in [0.15, 0.2) is 0 Å². The summed E-state index contributed by atoms with van der Waals surface area (Å²) in [4.78, 5) is 33.6. The Morgan fingerprint density at radius 1 is 0.949 bits per heavy atom. The van der Waals surface area contributed by atoms with Crippen molar-refractivity contribution < 1.29 is 19.1 Å². The number of ether oxygens (including phenoxy) is 2. The van der Waals surface area contributed by atoms with Gasteiger partial charge in [-0.15, -0.1) is 0 Å². The second-order valence-corrected chi connectivity index (χ2v) is 9.10. The zero-order valence-corrected chi connectivity index (χ0v) is 22.2. The topological polar surface area (TPSA) is 105 Å². The van der Waals surface area contributed by atoms with Gasteiger partial charge in [-0.25, -0.2) is 4.98 Å². The van der Waals surface area contributed by atoms with Crippen molar-refractivity contribution in [3.8, 4) is 11.5 Å². The number of fused-ring (bicyclic) bond motifs is 1. The first kappa shape index (κ1) is 27.2. The van der Waals surface area contributed by atoms with Crippen LogP contribution < -0.4 is 20.1 Å². The van der Waals surface area contributed by atoms with Crippen LogP contribution >= 0.6 is 0 Å². The smallest absolute Gasteiger partial charge is 0.267 e. The molecule has 0 unspecified atom stereocenters. The number of carbonyl (C=O) groups is 2. The van der Waals surface area contributed by atoms with Gasteiger partial charge in [0.25, 0.3) is 5.91 Å². The summed E-state index contributed by atoms with van der Waals surface area (Å²) >= 11 is 0. The number of H-pyrrole nitrogens is 1. The van der Waals surface area contributed by atoms with Crippen LogP contribution in [-0.4, -0.2) is 41.5 Å². The summed E-state index contributed by atoms with van der Waals surface area (Å²) in [5.74, 6) is 1.40. The van der Waals surface area contributed by atoms with Gasteiger partial charge in [0.05, 0.1) is 24.2 Å². The summed E-state index contributed by atoms with van der Waals surface area (Å²) in [5.41, 5.74) is 3.52. The SMILES string of the molecule is COc1ccc(C=CC(=O)NC(=Cc2ccc(OC(C)C)cc2)C(=O)NCCc2nc3ccccc3[nH]2)cc1. The van der Waals surface area contributed by atoms with Gasteiger partial charge in [0, 0.05) is 19.0 Å². The molecule has 0 saturated heterocycles. The molecule has 0 saturated carbocycles. The van der Waals surface area contributed by atoms with Gasteiger partial charge in [-0.05, 0) is 73.5 Å². The van der Waals surface area contributed by atoms with Crippen LogP contribution in [0.15, 0.2) is 84.6 Å². The Hall–Kier alpha value is -4.85. The van der Waals surface area contributed by atoms with E-state index >= 15 is 0 Å². The van der Waals surface area contributed by atoms with Crippen molar-refractivity contribution >= 4 is 35.0 Å². The second-order valence-electron chi connectivity index (χ2n) is 9.10. The minimum atomic E-state index is -0.427. The first-order valence-corrected chi connectivity index (χ1v) is 12.7. The van der Waals surface area contributed by atoms with Gasteiger partial charge in [-0.1, -0.05) is 36.4 Å². The quantitative estimate of drug-likeness (QED) is 0.242. The molecule has 0 fully saturated rings. The number of rotatable bonds is 11. The van der Waals surface area contributed by atoms with E-state index in [0.717, 1.165) is 39.5 Å². The highest BCUT2D eigenvalue weighted by molar-refractivity contribution is 6.04. The predicted molar refractivity (Wildman–Crippen MR) is 153 cm³/mol. The Kier molecular flexibility index (Phi) is 9.13. The molecule has 3 aromatic carbocycles. The normalized spacial score (nSPS) is 11.6. The molecule has 0 aliphatic carbocycles. The van der Waals surface area contributed by atoms with E-state index in [1.54, 1.807) is 19.3 Å². The third-order valence-corrected chi connectivity index (χ3v) is 5.69. The van der Waals surface area contributed by atoms with Gasteiger partial charge in [0.2, 0.25) is 5.91 Å². The van der Waals surface area contributed by atoms with E-state index in [2.05, 4.69) is 20.6 Å². The molecule has 1 heterocycles. The van der Waals surface area contributed by atoms with E-state index in [9.17, 15) is 9.59 Å². The monoisotopic (exact) mass is 524 g/mol. The average molecular weight is 525 g/mol. The molecule has 4 aromatic rings. The van der Waals surface area contributed by atoms with Crippen molar-refractivity contribution in [2.45, 2.75) is 26.4 Å². The first-order valence-electron chi connectivity index (χ1n) is 12.7. The summed E-state index contributed by atoms with van der Waals surface area (Å²) in [7, 11) is 1.60. The lowest BCUT2D eigenvalue weighted by Crippen LogP contribution is -2.35. The number of benzene rings is 3. The average Bonchev–Trinajstić information content (AvgIpc) is 3.35. The standard InChI is InChI=1S/C31H32N4O4/c1-21(2)39-25-15-10-23(11-16-25)20-28(35-30(36)17-12-22-8-13-24(38-3)14-9-22)31(37)32-19-18-29-33-26-6-4-5-7-27(26)34-29/h4-17,20-21H,18-19H2,1-3H3,(H,32,37)(H,33,34)(H,35,36). The number of hydrogen-bond acceptors (Lipinski definition) is 5. The van der Waals surface area contributed by atoms with Crippen LogP contribution in [0, 0.1) is 0 Å². The van der Waals surface area contributed by atoms with Crippen LogP contribution in [0.4, 0.5) is 0 Å². The fraction of sp³-hybridized carbons (Fsp3) is 0.194. The molecule has 8 nitrogen and oxygen atoms in total. The van der Waals surface area contributed by atoms with E-state index in [-0.39, 0.29) is 11.8 Å². The Labute approximate surface area is 227 Å². The fourth-order valence-electron chi connectivity index (χ4n) is 3.81. The molecule has 200 valence electrons. The number of aromatic amines is 1. The van der Waals surface area contributed by atoms with Crippen molar-refractivity contribution in [1.82, 2.24) is 20.6 Å². The molecule has 4 rings (SSSR count). The molecular formula is C31H32N4O4. The predicted octanol–water partition coefficient (Wildman–Crippen LogP) is 4.89. The summed E-state index contributed by atoms with van der Waals surface area (Å²) < 4.78 is 10.9. The molecule has 0 spiro atoms. The van der Waals surface area contributed by atoms with Crippen LogP contribution in [0.3, 0.4) is 0 Å². The lowest BCUT2D eigenvalue weighted by Gasteiger charge is -2.11. The number of carbonyl (C=O) groups excluding carboxylic acids is 2. The van der Waals surface area contributed by atoms with E-state index in [4.69, 9.17) is 9.47 Å². The minimum Gasteiger partial charge on any atom is -0.497 e. The molecule has 0 aliphatic rings. The molecule has 1 aromatic heterocycles. The zero-order chi connectivity index (χ0) is 27.6. The van der Waals surface area contributed by atoms with Crippen molar-refractivity contribution in [3.05, 3.63) is 102 Å². The van der Waals surface area contributed by atoms with Crippen molar-refractivity contribution in [1.29, 1.82) is 0 Å². The molecule has 8 heteroatoms. The minimum absolute atomic E-state index is 0.0521. The molecule has 3 N–H and O–H groups in total. The first-order chi connectivity index (χ1) is 18.9. The van der Waals surface area contributed by atoms with E-state index in [1.165, 1.54) is 6.08 Å². The zero-order valence-electron chi connectivity index (χ0n) is 22.2. The maximum Gasteiger partial charge on any atom is 0.267 e. The van der Waals surface area contributed by atoms with Crippen LogP contribution in [0.25, 0.3) is 23.2 Å². The number of methoxy groups -OCH3 is 1. The van der Waals surface area contributed by atoms with Crippen molar-refractivity contribution in [2.24, 2.45) is 0 Å². The van der Waals surface area contributed by atoms with Gasteiger partial charge >= 0.3 is 0 Å². The van der Waals surface area contributed by atoms with E-state index in [1.807, 2.05) is 86.6 Å². The number of hydrogen-bond donors (Lipinski definition) is 3. The highest BCUT2D eigenvalue weighted by Crippen LogP contribution is 2.16. The summed E-state index contributed by atoms with van der Waals surface area (Å²) in [6, 6.07) is 22.4. The third kappa shape index (κ3) is 8.07. The Bertz CT molecular complexity index is 1440. The molecular weight excluding hydrogens is 492 g/mol. The Balaban J connectivity index is 1.45. The van der Waals surface area contributed by atoms with Gasteiger partial charge < -0.3 is 25.1 Å². The number of nitrogens with one attached hydrogen (secondary N) is 3. The Morgan fingerprint density at radius 2 is 1.64 bits per heavy atom. The third-order valence-electron chi connectivity index (χ3n) is 5.69. The van der Waals surface area contributed by atoms with Crippen molar-refractivity contribution in [3.63, 3.8) is 0 Å². The van der Waals surface area contributed by atoms with Crippen LogP contribution in [0.1, 0.15) is 30.8 Å². The number of amides is 2. The molecule has 0 radical (unpaired) electrons. The van der Waals surface area contributed by atoms with Crippen LogP contribution in [0.5, 0.6) is 11.5 Å². The van der Waals surface area contributed by atoms with Gasteiger partial charge in [0.1, 0.15) is 23.0 Å². The van der Waals surface area contributed by atoms with Gasteiger partial charge in [-0.3, -0.25) is 9.59 Å². The highest BCUT2D eigenvalue weighted by Gasteiger charge is 2.13. The van der Waals surface area contributed by atoms with Gasteiger partial charge in [-0.2, -0.15) is 0 Å². The Morgan fingerprint density at radius 3 is 2.33 bits per heavy atom. The van der Waals surface area contributed by atoms with E-state index < -0.39 is 11.8 Å². The molecule has 0 bridgehead atoms. The number of para-hydroxylation sites is 2. The maximum absolute atomic E-state index is 13.1. The number of aromatic nitrogens is 2. The largest absolute Gasteiger partial charge is 0.497 e. The second kappa shape index (κ2) is 13.1. The molecule has 39 heavy (non-hydrogen) atoms. The molecule has 2 amide bonds. The number of nitrogens with zero attached hydrogens (tertiary/aromatic N) is 1. The lowest BCUT2D eigenvalue weighted by molar-refractivity contribution is -0.121. The highest BCUT2D eigenvalue weighted by atomic mass is 16.5. The summed E-state index contributed by atoms with van der Waals surface area (Å²) in [5, 5.41) is 5.60. The molecule has 0 aliphatic heterocycles. The van der Waals surface area contributed by atoms with Crippen LogP contribution in [0.2, 0.25) is 0 Å². The number of imidazole rings is 1. The maximum atomic E-state index is 13.1. The fourth-order valence-corrected chi connectivity index (χ4v) is 3.81. The van der Waals surface area contributed by atoms with Crippen molar-refractivity contribution in [2.75, 3.05) is 13.7 Å². The van der Waals surface area contributed by atoms with Crippen LogP contribution in [-0.2, 0) is 16.0 Å². The summed E-state index contributed by atoms with van der Waals surface area (Å²) in [6.45, 7) is 4.25. The lowest BCUT2D eigenvalue weighted by atomic mass is 10.1. The molecule has 0 atom stereocenters.